The first-order valence-electron chi connectivity index (χ1n) is 4.24. The summed E-state index contributed by atoms with van der Waals surface area (Å²) in [6.45, 7) is 5.18. The highest BCUT2D eigenvalue weighted by atomic mass is 19.3. The van der Waals surface area contributed by atoms with E-state index in [1.807, 2.05) is 0 Å². The molecule has 80 valence electrons. The number of rotatable bonds is 4. The molecule has 0 saturated carbocycles. The third-order valence-electron chi connectivity index (χ3n) is 1.97. The van der Waals surface area contributed by atoms with Crippen molar-refractivity contribution in [2.24, 2.45) is 5.92 Å². The molecule has 3 nitrogen and oxygen atoms in total. The molecule has 0 aromatic rings. The van der Waals surface area contributed by atoms with Crippen LogP contribution in [0.2, 0.25) is 0 Å². The van der Waals surface area contributed by atoms with Gasteiger partial charge < -0.3 is 9.47 Å². The Morgan fingerprint density at radius 3 is 2.43 bits per heavy atom. The molecule has 1 aliphatic heterocycles. The molecule has 0 amide bonds. The lowest BCUT2D eigenvalue weighted by Crippen LogP contribution is -2.44. The molecule has 1 fully saturated rings. The molecule has 14 heavy (non-hydrogen) atoms. The minimum Gasteiger partial charge on any atom is -0.452 e. The molecule has 0 aliphatic carbocycles. The molecule has 1 saturated heterocycles. The predicted molar refractivity (Wildman–Crippen MR) is 45.0 cm³/mol. The molecule has 0 aromatic heterocycles. The van der Waals surface area contributed by atoms with E-state index in [4.69, 9.17) is 4.74 Å². The van der Waals surface area contributed by atoms with Crippen LogP contribution in [0.4, 0.5) is 8.78 Å². The molecule has 0 N–H and O–H groups in total. The fourth-order valence-electron chi connectivity index (χ4n) is 1.02. The van der Waals surface area contributed by atoms with Crippen molar-refractivity contribution in [1.29, 1.82) is 0 Å². The highest BCUT2D eigenvalue weighted by Gasteiger charge is 2.37. The largest absolute Gasteiger partial charge is 0.452 e. The van der Waals surface area contributed by atoms with Crippen molar-refractivity contribution in [1.82, 2.24) is 0 Å². The van der Waals surface area contributed by atoms with E-state index in [0.29, 0.717) is 0 Å². The zero-order valence-electron chi connectivity index (χ0n) is 7.83. The second-order valence-corrected chi connectivity index (χ2v) is 3.28. The SMILES string of the molecule is C=C(C)C(=O)OC(C(F)F)C1COC1. The van der Waals surface area contributed by atoms with Gasteiger partial charge in [-0.15, -0.1) is 0 Å². The highest BCUT2D eigenvalue weighted by Crippen LogP contribution is 2.23. The normalized spacial score (nSPS) is 18.9. The maximum Gasteiger partial charge on any atom is 0.333 e. The van der Waals surface area contributed by atoms with Crippen LogP contribution in [-0.2, 0) is 14.3 Å². The third kappa shape index (κ3) is 2.51. The van der Waals surface area contributed by atoms with E-state index < -0.39 is 24.4 Å². The first kappa shape index (κ1) is 11.1. The van der Waals surface area contributed by atoms with Gasteiger partial charge in [-0.1, -0.05) is 6.58 Å². The second-order valence-electron chi connectivity index (χ2n) is 3.28. The number of alkyl halides is 2. The Morgan fingerprint density at radius 2 is 2.14 bits per heavy atom. The van der Waals surface area contributed by atoms with Crippen molar-refractivity contribution in [3.8, 4) is 0 Å². The minimum absolute atomic E-state index is 0.121. The van der Waals surface area contributed by atoms with Crippen LogP contribution in [0.25, 0.3) is 0 Å². The molecule has 1 rings (SSSR count). The van der Waals surface area contributed by atoms with Crippen molar-refractivity contribution in [3.63, 3.8) is 0 Å². The Morgan fingerprint density at radius 1 is 1.57 bits per heavy atom. The Kier molecular flexibility index (Phi) is 3.57. The van der Waals surface area contributed by atoms with E-state index in [1.54, 1.807) is 0 Å². The fraction of sp³-hybridized carbons (Fsp3) is 0.667. The van der Waals surface area contributed by atoms with Crippen LogP contribution >= 0.6 is 0 Å². The van der Waals surface area contributed by atoms with Crippen LogP contribution in [0.1, 0.15) is 6.92 Å². The lowest BCUT2D eigenvalue weighted by Gasteiger charge is -2.32. The van der Waals surface area contributed by atoms with Gasteiger partial charge in [-0.3, -0.25) is 0 Å². The van der Waals surface area contributed by atoms with E-state index in [1.165, 1.54) is 6.92 Å². The molecule has 1 unspecified atom stereocenters. The van der Waals surface area contributed by atoms with Gasteiger partial charge in [0.05, 0.1) is 13.2 Å². The summed E-state index contributed by atoms with van der Waals surface area (Å²) in [6.07, 6.45) is -4.04. The van der Waals surface area contributed by atoms with Crippen molar-refractivity contribution in [2.45, 2.75) is 19.5 Å². The number of carbonyl (C=O) groups excluding carboxylic acids is 1. The second kappa shape index (κ2) is 4.50. The summed E-state index contributed by atoms with van der Waals surface area (Å²) in [7, 11) is 0. The van der Waals surface area contributed by atoms with Gasteiger partial charge in [-0.05, 0) is 6.92 Å². The number of esters is 1. The van der Waals surface area contributed by atoms with Gasteiger partial charge in [-0.2, -0.15) is 0 Å². The number of carbonyl (C=O) groups is 1. The molecule has 0 bridgehead atoms. The summed E-state index contributed by atoms with van der Waals surface area (Å²) in [5.74, 6) is -1.17. The van der Waals surface area contributed by atoms with Crippen LogP contribution in [0.5, 0.6) is 0 Å². The van der Waals surface area contributed by atoms with Crippen LogP contribution in [0, 0.1) is 5.92 Å². The van der Waals surface area contributed by atoms with Crippen molar-refractivity contribution in [2.75, 3.05) is 13.2 Å². The topological polar surface area (TPSA) is 35.5 Å². The third-order valence-corrected chi connectivity index (χ3v) is 1.97. The highest BCUT2D eigenvalue weighted by molar-refractivity contribution is 5.87. The molecule has 1 atom stereocenters. The first-order chi connectivity index (χ1) is 6.52. The lowest BCUT2D eigenvalue weighted by molar-refractivity contribution is -0.177. The van der Waals surface area contributed by atoms with Gasteiger partial charge >= 0.3 is 5.97 Å². The van der Waals surface area contributed by atoms with Gasteiger partial charge in [0.15, 0.2) is 6.10 Å². The Labute approximate surface area is 80.7 Å². The fourth-order valence-corrected chi connectivity index (χ4v) is 1.02. The van der Waals surface area contributed by atoms with Crippen LogP contribution in [-0.4, -0.2) is 31.7 Å². The number of hydrogen-bond donors (Lipinski definition) is 0. The van der Waals surface area contributed by atoms with Crippen LogP contribution in [0.15, 0.2) is 12.2 Å². The summed E-state index contributed by atoms with van der Waals surface area (Å²) in [4.78, 5) is 11.0. The summed E-state index contributed by atoms with van der Waals surface area (Å²) in [5, 5.41) is 0. The van der Waals surface area contributed by atoms with Gasteiger partial charge in [-0.25, -0.2) is 13.6 Å². The minimum atomic E-state index is -2.67. The lowest BCUT2D eigenvalue weighted by atomic mass is 10.0. The average molecular weight is 206 g/mol. The van der Waals surface area contributed by atoms with Crippen molar-refractivity contribution < 1.29 is 23.0 Å². The molecular formula is C9H12F2O3. The van der Waals surface area contributed by atoms with E-state index >= 15 is 0 Å². The molecule has 1 aliphatic rings. The average Bonchev–Trinajstić information content (AvgIpc) is 1.99. The zero-order chi connectivity index (χ0) is 10.7. The molecule has 0 spiro atoms. The smallest absolute Gasteiger partial charge is 0.333 e. The zero-order valence-corrected chi connectivity index (χ0v) is 7.83. The standard InChI is InChI=1S/C9H12F2O3/c1-5(2)9(12)14-7(8(10)11)6-3-13-4-6/h6-8H,1,3-4H2,2H3. The van der Waals surface area contributed by atoms with E-state index in [0.717, 1.165) is 0 Å². The van der Waals surface area contributed by atoms with Crippen molar-refractivity contribution in [3.05, 3.63) is 12.2 Å². The van der Waals surface area contributed by atoms with Gasteiger partial charge in [0.2, 0.25) is 0 Å². The summed E-state index contributed by atoms with van der Waals surface area (Å²) < 4.78 is 34.2. The quantitative estimate of drug-likeness (QED) is 0.515. The molecular weight excluding hydrogens is 194 g/mol. The summed E-state index contributed by atoms with van der Waals surface area (Å²) in [6, 6.07) is 0. The van der Waals surface area contributed by atoms with Gasteiger partial charge in [0.1, 0.15) is 0 Å². The number of hydrogen-bond acceptors (Lipinski definition) is 3. The number of halogens is 2. The number of ether oxygens (including phenoxy) is 2. The Bertz CT molecular complexity index is 236. The Hall–Kier alpha value is -0.970. The van der Waals surface area contributed by atoms with Crippen LogP contribution < -0.4 is 0 Å². The Balaban J connectivity index is 2.50. The van der Waals surface area contributed by atoms with Gasteiger partial charge in [0, 0.05) is 11.5 Å². The van der Waals surface area contributed by atoms with E-state index in [2.05, 4.69) is 11.3 Å². The molecule has 0 radical (unpaired) electrons. The molecule has 5 heteroatoms. The maximum atomic E-state index is 12.4. The maximum absolute atomic E-state index is 12.4. The van der Waals surface area contributed by atoms with E-state index in [9.17, 15) is 13.6 Å². The first-order valence-corrected chi connectivity index (χ1v) is 4.24. The molecule has 1 heterocycles. The molecule has 0 aromatic carbocycles. The monoisotopic (exact) mass is 206 g/mol. The predicted octanol–water partition coefficient (Wildman–Crippen LogP) is 1.39. The van der Waals surface area contributed by atoms with Crippen molar-refractivity contribution >= 4 is 5.97 Å². The summed E-state index contributed by atoms with van der Waals surface area (Å²) in [5.41, 5.74) is 0.121. The van der Waals surface area contributed by atoms with Crippen LogP contribution in [0.3, 0.4) is 0 Å². The van der Waals surface area contributed by atoms with Gasteiger partial charge in [0.25, 0.3) is 6.43 Å². The summed E-state index contributed by atoms with van der Waals surface area (Å²) >= 11 is 0. The van der Waals surface area contributed by atoms with E-state index in [-0.39, 0.29) is 18.8 Å².